The molecule has 0 saturated carbocycles. The zero-order chi connectivity index (χ0) is 19.3. The van der Waals surface area contributed by atoms with Crippen molar-refractivity contribution in [2.24, 2.45) is 0 Å². The maximum absolute atomic E-state index is 12.6. The number of rotatable bonds is 7. The fourth-order valence-corrected chi connectivity index (χ4v) is 4.01. The summed E-state index contributed by atoms with van der Waals surface area (Å²) >= 11 is 2.93. The predicted octanol–water partition coefficient (Wildman–Crippen LogP) is 4.98. The largest absolute Gasteiger partial charge is 0.494 e. The summed E-state index contributed by atoms with van der Waals surface area (Å²) in [6, 6.07) is 12.8. The highest BCUT2D eigenvalue weighted by Gasteiger charge is 2.11. The Labute approximate surface area is 169 Å². The zero-order valence-electron chi connectivity index (χ0n) is 15.0. The molecular weight excluding hydrogens is 394 g/mol. The molecule has 0 saturated heterocycles. The van der Waals surface area contributed by atoms with Crippen molar-refractivity contribution < 1.29 is 14.3 Å². The summed E-state index contributed by atoms with van der Waals surface area (Å²) in [5.74, 6) is 1.18. The predicted molar refractivity (Wildman–Crippen MR) is 112 cm³/mol. The molecule has 28 heavy (non-hydrogen) atoms. The van der Waals surface area contributed by atoms with Crippen molar-refractivity contribution in [3.8, 4) is 11.5 Å². The van der Waals surface area contributed by atoms with Crippen molar-refractivity contribution in [1.82, 2.24) is 9.97 Å². The number of amides is 1. The second kappa shape index (κ2) is 8.37. The number of nitrogens with zero attached hydrogens (tertiary/aromatic N) is 2. The number of anilines is 1. The third-order valence-corrected chi connectivity index (χ3v) is 5.43. The Morgan fingerprint density at radius 2 is 2.04 bits per heavy atom. The Hall–Kier alpha value is -2.97. The van der Waals surface area contributed by atoms with E-state index in [0.29, 0.717) is 29.7 Å². The van der Waals surface area contributed by atoms with Gasteiger partial charge >= 0.3 is 0 Å². The van der Waals surface area contributed by atoms with Crippen LogP contribution in [0.5, 0.6) is 11.5 Å². The van der Waals surface area contributed by atoms with E-state index < -0.39 is 0 Å². The van der Waals surface area contributed by atoms with Crippen LogP contribution in [0.3, 0.4) is 0 Å². The van der Waals surface area contributed by atoms with Gasteiger partial charge < -0.3 is 9.47 Å². The van der Waals surface area contributed by atoms with Gasteiger partial charge in [-0.1, -0.05) is 17.4 Å². The molecule has 0 radical (unpaired) electrons. The molecule has 0 spiro atoms. The average molecular weight is 412 g/mol. The van der Waals surface area contributed by atoms with E-state index in [-0.39, 0.29) is 5.91 Å². The maximum Gasteiger partial charge on any atom is 0.257 e. The molecule has 4 aromatic rings. The molecule has 0 unspecified atom stereocenters. The van der Waals surface area contributed by atoms with Crippen LogP contribution in [-0.2, 0) is 6.61 Å². The van der Waals surface area contributed by atoms with Crippen molar-refractivity contribution in [1.29, 1.82) is 0 Å². The van der Waals surface area contributed by atoms with Crippen molar-refractivity contribution in [2.75, 3.05) is 11.9 Å². The molecule has 0 aliphatic rings. The average Bonchev–Trinajstić information content (AvgIpc) is 3.36. The molecule has 4 rings (SSSR count). The van der Waals surface area contributed by atoms with Crippen LogP contribution in [0.25, 0.3) is 10.2 Å². The molecule has 142 valence electrons. The van der Waals surface area contributed by atoms with Crippen LogP contribution in [0.15, 0.2) is 53.4 Å². The molecule has 1 N–H and O–H groups in total. The van der Waals surface area contributed by atoms with Crippen molar-refractivity contribution >= 4 is 43.9 Å². The van der Waals surface area contributed by atoms with E-state index in [9.17, 15) is 4.79 Å². The molecule has 0 atom stereocenters. The van der Waals surface area contributed by atoms with Crippen molar-refractivity contribution in [3.63, 3.8) is 0 Å². The fourth-order valence-electron chi connectivity index (χ4n) is 2.58. The minimum Gasteiger partial charge on any atom is -0.494 e. The number of thiazole rings is 2. The molecule has 0 aliphatic carbocycles. The van der Waals surface area contributed by atoms with E-state index in [2.05, 4.69) is 15.3 Å². The number of hydrogen-bond donors (Lipinski definition) is 1. The Balaban J connectivity index is 1.45. The highest BCUT2D eigenvalue weighted by Crippen LogP contribution is 2.29. The maximum atomic E-state index is 12.6. The molecule has 2 aromatic carbocycles. The number of aromatic nitrogens is 2. The summed E-state index contributed by atoms with van der Waals surface area (Å²) in [6.45, 7) is 2.92. The topological polar surface area (TPSA) is 73.3 Å². The Bertz CT molecular complexity index is 1090. The van der Waals surface area contributed by atoms with E-state index in [1.165, 1.54) is 22.7 Å². The van der Waals surface area contributed by atoms with E-state index >= 15 is 0 Å². The third kappa shape index (κ3) is 4.29. The van der Waals surface area contributed by atoms with Gasteiger partial charge in [0.1, 0.15) is 18.1 Å². The zero-order valence-corrected chi connectivity index (χ0v) is 16.7. The van der Waals surface area contributed by atoms with Crippen LogP contribution < -0.4 is 14.8 Å². The van der Waals surface area contributed by atoms with Gasteiger partial charge in [-0.25, -0.2) is 9.97 Å². The summed E-state index contributed by atoms with van der Waals surface area (Å²) in [7, 11) is 0. The smallest absolute Gasteiger partial charge is 0.257 e. The number of fused-ring (bicyclic) bond motifs is 1. The minimum absolute atomic E-state index is 0.233. The van der Waals surface area contributed by atoms with Gasteiger partial charge in [-0.15, -0.1) is 11.3 Å². The van der Waals surface area contributed by atoms with E-state index in [1.54, 1.807) is 23.7 Å². The molecule has 2 aromatic heterocycles. The Kier molecular flexibility index (Phi) is 5.50. The van der Waals surface area contributed by atoms with Gasteiger partial charge in [0.25, 0.3) is 5.91 Å². The highest BCUT2D eigenvalue weighted by atomic mass is 32.1. The van der Waals surface area contributed by atoms with Gasteiger partial charge in [-0.3, -0.25) is 10.1 Å². The summed E-state index contributed by atoms with van der Waals surface area (Å²) in [5, 5.41) is 5.33. The number of nitrogens with one attached hydrogen (secondary N) is 1. The molecule has 0 bridgehead atoms. The summed E-state index contributed by atoms with van der Waals surface area (Å²) in [5.41, 5.74) is 3.95. The monoisotopic (exact) mass is 411 g/mol. The number of hydrogen-bond acceptors (Lipinski definition) is 7. The molecule has 2 heterocycles. The number of carbonyl (C=O) groups excluding carboxylic acids is 1. The standard InChI is InChI=1S/C20H17N3O3S2/c1-2-25-16-6-7-17-18(9-16)28-20(22-17)23-19(24)13-4-3-5-15(8-13)26-10-14-11-27-12-21-14/h3-9,11-12H,2,10H2,1H3,(H,22,23,24). The van der Waals surface area contributed by atoms with Gasteiger partial charge in [0.15, 0.2) is 5.13 Å². The number of carbonyl (C=O) groups is 1. The molecule has 0 fully saturated rings. The lowest BCUT2D eigenvalue weighted by Crippen LogP contribution is -2.11. The van der Waals surface area contributed by atoms with Crippen molar-refractivity contribution in [3.05, 3.63) is 64.6 Å². The molecule has 1 amide bonds. The molecule has 6 nitrogen and oxygen atoms in total. The first-order valence-corrected chi connectivity index (χ1v) is 10.4. The first-order chi connectivity index (χ1) is 13.7. The first-order valence-electron chi connectivity index (χ1n) is 8.66. The van der Waals surface area contributed by atoms with Crippen LogP contribution in [0.1, 0.15) is 23.0 Å². The van der Waals surface area contributed by atoms with E-state index in [1.807, 2.05) is 36.6 Å². The van der Waals surface area contributed by atoms with Crippen LogP contribution in [0.2, 0.25) is 0 Å². The van der Waals surface area contributed by atoms with Crippen LogP contribution >= 0.6 is 22.7 Å². The van der Waals surface area contributed by atoms with Gasteiger partial charge in [0.05, 0.1) is 28.0 Å². The number of benzene rings is 2. The lowest BCUT2D eigenvalue weighted by molar-refractivity contribution is 0.102. The molecular formula is C20H17N3O3S2. The highest BCUT2D eigenvalue weighted by molar-refractivity contribution is 7.22. The van der Waals surface area contributed by atoms with Crippen molar-refractivity contribution in [2.45, 2.75) is 13.5 Å². The summed E-state index contributed by atoms with van der Waals surface area (Å²) < 4.78 is 12.2. The van der Waals surface area contributed by atoms with E-state index in [4.69, 9.17) is 9.47 Å². The Morgan fingerprint density at radius 1 is 1.14 bits per heavy atom. The summed E-state index contributed by atoms with van der Waals surface area (Å²) in [4.78, 5) is 21.3. The van der Waals surface area contributed by atoms with Gasteiger partial charge in [-0.2, -0.15) is 0 Å². The number of ether oxygens (including phenoxy) is 2. The SMILES string of the molecule is CCOc1ccc2nc(NC(=O)c3cccc(OCc4cscn4)c3)sc2c1. The Morgan fingerprint density at radius 3 is 2.86 bits per heavy atom. The van der Waals surface area contributed by atoms with E-state index in [0.717, 1.165) is 21.7 Å². The van der Waals surface area contributed by atoms with Crippen LogP contribution in [-0.4, -0.2) is 22.5 Å². The molecule has 8 heteroatoms. The first kappa shape index (κ1) is 18.4. The second-order valence-corrected chi connectivity index (χ2v) is 7.58. The molecule has 0 aliphatic heterocycles. The van der Waals surface area contributed by atoms with Gasteiger partial charge in [-0.05, 0) is 43.3 Å². The third-order valence-electron chi connectivity index (χ3n) is 3.86. The minimum atomic E-state index is -0.233. The van der Waals surface area contributed by atoms with Gasteiger partial charge in [0, 0.05) is 10.9 Å². The normalized spacial score (nSPS) is 10.8. The second-order valence-electron chi connectivity index (χ2n) is 5.83. The fraction of sp³-hybridized carbons (Fsp3) is 0.150. The van der Waals surface area contributed by atoms with Crippen LogP contribution in [0.4, 0.5) is 5.13 Å². The lowest BCUT2D eigenvalue weighted by Gasteiger charge is -2.06. The lowest BCUT2D eigenvalue weighted by atomic mass is 10.2. The van der Waals surface area contributed by atoms with Gasteiger partial charge in [0.2, 0.25) is 0 Å². The van der Waals surface area contributed by atoms with Crippen LogP contribution in [0, 0.1) is 0 Å². The quantitative estimate of drug-likeness (QED) is 0.464. The summed E-state index contributed by atoms with van der Waals surface area (Å²) in [6.07, 6.45) is 0.